The van der Waals surface area contributed by atoms with Crippen molar-refractivity contribution in [2.24, 2.45) is 0 Å². The number of nitrogens with zero attached hydrogens (tertiary/aromatic N) is 2. The smallest absolute Gasteiger partial charge is 0.283 e. The quantitative estimate of drug-likeness (QED) is 0.448. The van der Waals surface area contributed by atoms with Crippen molar-refractivity contribution in [3.05, 3.63) is 63.1 Å². The Kier molecular flexibility index (Phi) is 3.98. The molecule has 0 aliphatic heterocycles. The number of benzene rings is 1. The summed E-state index contributed by atoms with van der Waals surface area (Å²) in [5, 5.41) is 11.6. The van der Waals surface area contributed by atoms with Gasteiger partial charge in [-0.2, -0.15) is 0 Å². The van der Waals surface area contributed by atoms with Gasteiger partial charge in [0.05, 0.1) is 15.2 Å². The molecule has 0 amide bonds. The van der Waals surface area contributed by atoms with Crippen LogP contribution < -0.4 is 10.3 Å². The van der Waals surface area contributed by atoms with Gasteiger partial charge in [0.25, 0.3) is 5.69 Å². The van der Waals surface area contributed by atoms with Crippen molar-refractivity contribution < 1.29 is 9.66 Å². The lowest BCUT2D eigenvalue weighted by Crippen LogP contribution is -2.03. The maximum atomic E-state index is 11.3. The minimum atomic E-state index is -0.428. The summed E-state index contributed by atoms with van der Waals surface area (Å²) in [5.41, 5.74) is 0.206. The van der Waals surface area contributed by atoms with Gasteiger partial charge in [-0.25, -0.2) is 4.98 Å². The van der Waals surface area contributed by atoms with Crippen LogP contribution in [0.1, 0.15) is 0 Å². The van der Waals surface area contributed by atoms with E-state index in [4.69, 9.17) is 4.74 Å². The second-order valence-electron chi connectivity index (χ2n) is 4.59. The summed E-state index contributed by atoms with van der Waals surface area (Å²) < 4.78 is 5.81. The number of pyridine rings is 2. The number of hydrogen-bond acceptors (Lipinski definition) is 6. The average Bonchev–Trinajstić information content (AvgIpc) is 2.54. The number of ether oxygens (including phenoxy) is 1. The van der Waals surface area contributed by atoms with Gasteiger partial charge in [-0.15, -0.1) is 11.8 Å². The van der Waals surface area contributed by atoms with E-state index in [1.807, 2.05) is 0 Å². The number of hydrogen-bond donors (Lipinski definition) is 1. The number of rotatable bonds is 4. The zero-order chi connectivity index (χ0) is 16.4. The van der Waals surface area contributed by atoms with Gasteiger partial charge in [0, 0.05) is 24.4 Å². The summed E-state index contributed by atoms with van der Waals surface area (Å²) in [6.45, 7) is 0. The topological polar surface area (TPSA) is 98.1 Å². The molecule has 8 heteroatoms. The third-order valence-electron chi connectivity index (χ3n) is 3.17. The maximum absolute atomic E-state index is 11.3. The number of H-pyrrole nitrogens is 1. The van der Waals surface area contributed by atoms with E-state index in [0.29, 0.717) is 27.4 Å². The fraction of sp³-hybridized carbons (Fsp3) is 0.0667. The van der Waals surface area contributed by atoms with E-state index in [9.17, 15) is 14.9 Å². The third-order valence-corrected chi connectivity index (χ3v) is 3.94. The molecule has 2 heterocycles. The fourth-order valence-corrected chi connectivity index (χ4v) is 2.71. The van der Waals surface area contributed by atoms with Gasteiger partial charge in [0.15, 0.2) is 0 Å². The van der Waals surface area contributed by atoms with E-state index in [0.717, 1.165) is 0 Å². The second-order valence-corrected chi connectivity index (χ2v) is 5.43. The molecule has 3 aromatic rings. The van der Waals surface area contributed by atoms with Gasteiger partial charge < -0.3 is 9.72 Å². The molecule has 0 fully saturated rings. The van der Waals surface area contributed by atoms with Crippen LogP contribution in [-0.4, -0.2) is 21.1 Å². The first-order valence-electron chi connectivity index (χ1n) is 6.57. The molecule has 1 aromatic carbocycles. The van der Waals surface area contributed by atoms with E-state index < -0.39 is 4.92 Å². The van der Waals surface area contributed by atoms with E-state index in [2.05, 4.69) is 9.97 Å². The Balaban J connectivity index is 2.02. The Hall–Kier alpha value is -2.87. The highest BCUT2D eigenvalue weighted by Crippen LogP contribution is 2.34. The summed E-state index contributed by atoms with van der Waals surface area (Å²) in [4.78, 5) is 29.1. The Bertz CT molecular complexity index is 955. The van der Waals surface area contributed by atoms with Gasteiger partial charge in [-0.1, -0.05) is 0 Å². The molecular weight excluding hydrogens is 318 g/mol. The van der Waals surface area contributed by atoms with Crippen LogP contribution in [0, 0.1) is 10.1 Å². The van der Waals surface area contributed by atoms with Crippen LogP contribution in [0.2, 0.25) is 0 Å². The molecule has 116 valence electrons. The van der Waals surface area contributed by atoms with Gasteiger partial charge in [0.1, 0.15) is 17.1 Å². The maximum Gasteiger partial charge on any atom is 0.283 e. The van der Waals surface area contributed by atoms with Crippen LogP contribution in [0.4, 0.5) is 5.69 Å². The lowest BCUT2D eigenvalue weighted by molar-refractivity contribution is -0.387. The van der Waals surface area contributed by atoms with Gasteiger partial charge >= 0.3 is 0 Å². The Labute approximate surface area is 134 Å². The fourth-order valence-electron chi connectivity index (χ4n) is 2.12. The van der Waals surface area contributed by atoms with Crippen LogP contribution in [0.15, 0.2) is 52.3 Å². The summed E-state index contributed by atoms with van der Waals surface area (Å²) in [5.74, 6) is 0.978. The number of aromatic nitrogens is 2. The minimum Gasteiger partial charge on any atom is -0.456 e. The van der Waals surface area contributed by atoms with Crippen LogP contribution in [0.3, 0.4) is 0 Å². The van der Waals surface area contributed by atoms with Crippen LogP contribution in [-0.2, 0) is 0 Å². The molecule has 0 aliphatic carbocycles. The van der Waals surface area contributed by atoms with Gasteiger partial charge in [-0.3, -0.25) is 14.9 Å². The summed E-state index contributed by atoms with van der Waals surface area (Å²) in [6, 6.07) is 9.24. The highest BCUT2D eigenvalue weighted by atomic mass is 32.2. The lowest BCUT2D eigenvalue weighted by Gasteiger charge is -2.09. The van der Waals surface area contributed by atoms with Crippen molar-refractivity contribution in [1.29, 1.82) is 0 Å². The number of fused-ring (bicyclic) bond motifs is 1. The van der Waals surface area contributed by atoms with Gasteiger partial charge in [0.2, 0.25) is 5.56 Å². The van der Waals surface area contributed by atoms with Crippen molar-refractivity contribution in [2.75, 3.05) is 6.26 Å². The molecule has 0 aliphatic rings. The molecule has 0 atom stereocenters. The SMILES string of the molecule is CSc1cc(Oc2ccnc3[nH]c(=O)ccc23)ccc1[N+](=O)[O-]. The van der Waals surface area contributed by atoms with E-state index in [1.165, 1.54) is 36.2 Å². The number of nitro benzene ring substituents is 1. The highest BCUT2D eigenvalue weighted by molar-refractivity contribution is 7.98. The van der Waals surface area contributed by atoms with Gasteiger partial charge in [-0.05, 0) is 24.5 Å². The molecule has 0 spiro atoms. The largest absolute Gasteiger partial charge is 0.456 e. The summed E-state index contributed by atoms with van der Waals surface area (Å²) >= 11 is 1.27. The predicted octanol–water partition coefficient (Wildman–Crippen LogP) is 3.35. The average molecular weight is 329 g/mol. The number of nitrogens with one attached hydrogen (secondary N) is 1. The molecule has 0 radical (unpaired) electrons. The predicted molar refractivity (Wildman–Crippen MR) is 87.3 cm³/mol. The van der Waals surface area contributed by atoms with E-state index in [1.54, 1.807) is 24.5 Å². The van der Waals surface area contributed by atoms with Crippen molar-refractivity contribution in [2.45, 2.75) is 4.90 Å². The van der Waals surface area contributed by atoms with Crippen LogP contribution >= 0.6 is 11.8 Å². The third kappa shape index (κ3) is 3.02. The first-order valence-corrected chi connectivity index (χ1v) is 7.79. The van der Waals surface area contributed by atoms with E-state index >= 15 is 0 Å². The first kappa shape index (κ1) is 15.0. The standard InChI is InChI=1S/C15H11N3O4S/c1-23-13-8-9(2-4-11(13)18(20)21)22-12-6-7-16-15-10(12)3-5-14(19)17-15/h2-8H,1H3,(H,16,17,19). The molecule has 7 nitrogen and oxygen atoms in total. The minimum absolute atomic E-state index is 0.0359. The molecule has 3 rings (SSSR count). The zero-order valence-corrected chi connectivity index (χ0v) is 12.8. The molecule has 0 bridgehead atoms. The van der Waals surface area contributed by atoms with Crippen molar-refractivity contribution in [1.82, 2.24) is 9.97 Å². The summed E-state index contributed by atoms with van der Waals surface area (Å²) in [6.07, 6.45) is 3.28. The zero-order valence-electron chi connectivity index (χ0n) is 12.0. The Morgan fingerprint density at radius 2 is 2.09 bits per heavy atom. The molecule has 0 saturated heterocycles. The first-order chi connectivity index (χ1) is 11.1. The van der Waals surface area contributed by atoms with Crippen LogP contribution in [0.5, 0.6) is 11.5 Å². The van der Waals surface area contributed by atoms with Crippen molar-refractivity contribution in [3.63, 3.8) is 0 Å². The van der Waals surface area contributed by atoms with Crippen molar-refractivity contribution >= 4 is 28.5 Å². The molecule has 23 heavy (non-hydrogen) atoms. The molecule has 0 saturated carbocycles. The lowest BCUT2D eigenvalue weighted by atomic mass is 10.2. The molecular formula is C15H11N3O4S. The van der Waals surface area contributed by atoms with Crippen LogP contribution in [0.25, 0.3) is 11.0 Å². The normalized spacial score (nSPS) is 10.7. The molecule has 0 unspecified atom stereocenters. The Morgan fingerprint density at radius 3 is 2.83 bits per heavy atom. The monoisotopic (exact) mass is 329 g/mol. The number of aromatic amines is 1. The summed E-state index contributed by atoms with van der Waals surface area (Å²) in [7, 11) is 0. The Morgan fingerprint density at radius 1 is 1.26 bits per heavy atom. The number of thioether (sulfide) groups is 1. The van der Waals surface area contributed by atoms with E-state index in [-0.39, 0.29) is 11.2 Å². The number of nitro groups is 1. The molecule has 1 N–H and O–H groups in total. The molecule has 2 aromatic heterocycles. The van der Waals surface area contributed by atoms with Crippen molar-refractivity contribution in [3.8, 4) is 11.5 Å². The highest BCUT2D eigenvalue weighted by Gasteiger charge is 2.14. The second kappa shape index (κ2) is 6.09.